The van der Waals surface area contributed by atoms with E-state index in [4.69, 9.17) is 4.74 Å². The van der Waals surface area contributed by atoms with Gasteiger partial charge in [0.2, 0.25) is 6.41 Å². The lowest BCUT2D eigenvalue weighted by atomic mass is 9.86. The van der Waals surface area contributed by atoms with Gasteiger partial charge < -0.3 is 25.0 Å². The number of hydrogen-bond donors (Lipinski definition) is 2. The number of carboxylic acid groups (broad SMARTS) is 1. The van der Waals surface area contributed by atoms with Crippen molar-refractivity contribution in [3.8, 4) is 0 Å². The molecule has 2 unspecified atom stereocenters. The van der Waals surface area contributed by atoms with Gasteiger partial charge in [0.05, 0.1) is 5.70 Å². The van der Waals surface area contributed by atoms with Gasteiger partial charge in [0.25, 0.3) is 12.4 Å². The number of carboxylic acids is 1. The van der Waals surface area contributed by atoms with E-state index in [1.807, 2.05) is 4.90 Å². The molecule has 3 rings (SSSR count). The van der Waals surface area contributed by atoms with E-state index in [2.05, 4.69) is 5.32 Å². The van der Waals surface area contributed by atoms with Crippen LogP contribution in [-0.4, -0.2) is 76.3 Å². The van der Waals surface area contributed by atoms with Crippen LogP contribution in [0.2, 0.25) is 0 Å². The molecule has 0 radical (unpaired) electrons. The van der Waals surface area contributed by atoms with Gasteiger partial charge in [0.15, 0.2) is 11.6 Å². The number of thioether (sulfide) groups is 1. The second-order valence-electron chi connectivity index (χ2n) is 6.17. The second kappa shape index (κ2) is 6.95. The predicted octanol–water partition coefficient (Wildman–Crippen LogP) is -0.660. The molecule has 3 atom stereocenters. The maximum atomic E-state index is 12.7. The molecule has 0 aromatic rings. The molecule has 2 amide bonds. The van der Waals surface area contributed by atoms with Gasteiger partial charge in [-0.15, -0.1) is 11.8 Å². The van der Waals surface area contributed by atoms with Crippen molar-refractivity contribution in [3.05, 3.63) is 11.1 Å². The average molecular weight is 369 g/mol. The highest BCUT2D eigenvalue weighted by Gasteiger charge is 2.66. The zero-order chi connectivity index (χ0) is 18.0. The number of rotatable bonds is 7. The molecular weight excluding hydrogens is 350 g/mol. The van der Waals surface area contributed by atoms with Crippen molar-refractivity contribution in [2.24, 2.45) is 0 Å². The molecule has 136 valence electrons. The molecule has 3 aliphatic heterocycles. The van der Waals surface area contributed by atoms with Crippen LogP contribution in [0.25, 0.3) is 0 Å². The molecule has 0 aromatic carbocycles. The van der Waals surface area contributed by atoms with E-state index in [0.717, 1.165) is 32.4 Å². The Morgan fingerprint density at radius 3 is 2.72 bits per heavy atom. The van der Waals surface area contributed by atoms with Crippen molar-refractivity contribution in [3.63, 3.8) is 0 Å². The van der Waals surface area contributed by atoms with E-state index in [1.54, 1.807) is 5.41 Å². The summed E-state index contributed by atoms with van der Waals surface area (Å²) in [6.07, 6.45) is 3.43. The van der Waals surface area contributed by atoms with Gasteiger partial charge in [0, 0.05) is 13.1 Å². The molecule has 0 saturated carbocycles. The zero-order valence-electron chi connectivity index (χ0n) is 13.4. The van der Waals surface area contributed by atoms with Gasteiger partial charge in [-0.2, -0.15) is 0 Å². The molecule has 9 nitrogen and oxygen atoms in total. The molecule has 0 spiro atoms. The summed E-state index contributed by atoms with van der Waals surface area (Å²) in [5.41, 5.74) is -0.830. The number of carbonyl (C=O) groups excluding carboxylic acids is 3. The fraction of sp³-hybridized carbons (Fsp3) is 0.600. The van der Waals surface area contributed by atoms with Crippen molar-refractivity contribution < 1.29 is 29.0 Å². The Morgan fingerprint density at radius 2 is 2.12 bits per heavy atom. The molecular formula is C15H19N3O6S. The number of ether oxygens (including phenoxy) is 1. The van der Waals surface area contributed by atoms with E-state index in [0.29, 0.717) is 12.1 Å². The van der Waals surface area contributed by atoms with Crippen molar-refractivity contribution in [2.45, 2.75) is 36.2 Å². The smallest absolute Gasteiger partial charge is 0.332 e. The molecule has 0 aliphatic carbocycles. The second-order valence-corrected chi connectivity index (χ2v) is 7.13. The summed E-state index contributed by atoms with van der Waals surface area (Å²) in [6.45, 7) is 1.38. The highest BCUT2D eigenvalue weighted by Crippen LogP contribution is 2.46. The zero-order valence-corrected chi connectivity index (χ0v) is 14.2. The molecule has 3 aliphatic rings. The van der Waals surface area contributed by atoms with Gasteiger partial charge in [-0.3, -0.25) is 14.4 Å². The summed E-state index contributed by atoms with van der Waals surface area (Å²) in [7, 11) is 0. The Bertz CT molecular complexity index is 620. The van der Waals surface area contributed by atoms with Crippen molar-refractivity contribution >= 4 is 36.5 Å². The maximum absolute atomic E-state index is 12.7. The number of hydrogen-bond acceptors (Lipinski definition) is 7. The summed E-state index contributed by atoms with van der Waals surface area (Å²) >= 11 is 1.26. The van der Waals surface area contributed by atoms with Crippen molar-refractivity contribution in [1.29, 1.82) is 0 Å². The first-order valence-corrected chi connectivity index (χ1v) is 8.93. The van der Waals surface area contributed by atoms with Gasteiger partial charge in [0.1, 0.15) is 12.0 Å². The highest BCUT2D eigenvalue weighted by molar-refractivity contribution is 8.03. The number of likely N-dealkylation sites (tertiary alicyclic amines) is 1. The van der Waals surface area contributed by atoms with Crippen LogP contribution < -0.4 is 5.32 Å². The number of fused-ring (bicyclic) bond motifs is 1. The van der Waals surface area contributed by atoms with E-state index < -0.39 is 28.8 Å². The lowest BCUT2D eigenvalue weighted by Gasteiger charge is -2.58. The molecule has 0 aromatic heterocycles. The first kappa shape index (κ1) is 17.6. The highest BCUT2D eigenvalue weighted by atomic mass is 32.2. The number of nitrogens with zero attached hydrogens (tertiary/aromatic N) is 2. The fourth-order valence-corrected chi connectivity index (χ4v) is 4.98. The van der Waals surface area contributed by atoms with Gasteiger partial charge in [-0.1, -0.05) is 0 Å². The Morgan fingerprint density at radius 1 is 1.40 bits per heavy atom. The molecule has 2 N–H and O–H groups in total. The normalized spacial score (nSPS) is 31.4. The number of aliphatic carboxylic acids is 1. The molecule has 10 heteroatoms. The van der Waals surface area contributed by atoms with Crippen LogP contribution in [0, 0.1) is 0 Å². The summed E-state index contributed by atoms with van der Waals surface area (Å²) < 4.78 is 4.71. The lowest BCUT2D eigenvalue weighted by molar-refractivity contribution is -0.173. The molecule has 3 heterocycles. The number of piperidine rings is 1. The minimum Gasteiger partial charge on any atom is -0.479 e. The topological polar surface area (TPSA) is 116 Å². The summed E-state index contributed by atoms with van der Waals surface area (Å²) in [5, 5.41) is 13.2. The maximum Gasteiger partial charge on any atom is 0.332 e. The quantitative estimate of drug-likeness (QED) is 0.449. The van der Waals surface area contributed by atoms with Crippen LogP contribution in [0.3, 0.4) is 0 Å². The third-order valence-corrected chi connectivity index (χ3v) is 6.08. The van der Waals surface area contributed by atoms with E-state index >= 15 is 0 Å². The van der Waals surface area contributed by atoms with Crippen LogP contribution in [-0.2, 0) is 23.9 Å². The van der Waals surface area contributed by atoms with Crippen LogP contribution >= 0.6 is 11.8 Å². The van der Waals surface area contributed by atoms with Crippen molar-refractivity contribution in [2.75, 3.05) is 19.7 Å². The third kappa shape index (κ3) is 2.74. The number of β-lactam (4-membered cyclic amide) rings is 1. The summed E-state index contributed by atoms with van der Waals surface area (Å²) in [5.74, 6) is -1.68. The summed E-state index contributed by atoms with van der Waals surface area (Å²) in [6, 6.07) is -1.10. The van der Waals surface area contributed by atoms with Crippen LogP contribution in [0.1, 0.15) is 19.3 Å². The SMILES string of the molecule is O=CNC1(COC=O)C(=O)N2C(C(=O)O)C(N3CCCCC3)=CS[C@H]21. The number of nitrogens with one attached hydrogen (secondary N) is 1. The third-order valence-electron chi connectivity index (χ3n) is 4.82. The molecule has 2 saturated heterocycles. The average Bonchev–Trinajstić information content (AvgIpc) is 2.64. The standard InChI is InChI=1S/C15H19N3O6S/c19-8-16-15(7-24-9-20)13(23)18-11(12(21)22)10(6-25-14(15)18)17-4-2-1-3-5-17/h6,8-9,11,14H,1-5,7H2,(H,16,19)(H,21,22)/t11?,14-,15?/m0/s1. The Labute approximate surface area is 148 Å². The van der Waals surface area contributed by atoms with Crippen LogP contribution in [0.5, 0.6) is 0 Å². The first-order valence-electron chi connectivity index (χ1n) is 7.99. The van der Waals surface area contributed by atoms with Crippen LogP contribution in [0.4, 0.5) is 0 Å². The molecule has 0 bridgehead atoms. The van der Waals surface area contributed by atoms with E-state index in [-0.39, 0.29) is 13.1 Å². The minimum absolute atomic E-state index is 0.196. The van der Waals surface area contributed by atoms with Gasteiger partial charge in [-0.05, 0) is 24.7 Å². The Kier molecular flexibility index (Phi) is 4.89. The van der Waals surface area contributed by atoms with Gasteiger partial charge in [-0.25, -0.2) is 4.79 Å². The lowest BCUT2D eigenvalue weighted by Crippen LogP contribution is -2.83. The predicted molar refractivity (Wildman–Crippen MR) is 87.1 cm³/mol. The Balaban J connectivity index is 1.90. The van der Waals surface area contributed by atoms with E-state index in [9.17, 15) is 24.3 Å². The van der Waals surface area contributed by atoms with E-state index in [1.165, 1.54) is 16.7 Å². The summed E-state index contributed by atoms with van der Waals surface area (Å²) in [4.78, 5) is 49.3. The first-order chi connectivity index (χ1) is 12.1. The number of amides is 2. The monoisotopic (exact) mass is 369 g/mol. The molecule has 25 heavy (non-hydrogen) atoms. The Hall–Kier alpha value is -2.23. The van der Waals surface area contributed by atoms with Crippen LogP contribution in [0.15, 0.2) is 11.1 Å². The molecule has 2 fully saturated rings. The van der Waals surface area contributed by atoms with Gasteiger partial charge >= 0.3 is 5.97 Å². The van der Waals surface area contributed by atoms with Crippen molar-refractivity contribution in [1.82, 2.24) is 15.1 Å². The fourth-order valence-electron chi connectivity index (χ4n) is 3.61. The number of carbonyl (C=O) groups is 4. The largest absolute Gasteiger partial charge is 0.479 e. The minimum atomic E-state index is -1.43.